The summed E-state index contributed by atoms with van der Waals surface area (Å²) in [6.07, 6.45) is 9.44. The molecule has 0 N–H and O–H groups in total. The Kier molecular flexibility index (Phi) is 7.02. The summed E-state index contributed by atoms with van der Waals surface area (Å²) in [5, 5.41) is 9.47. The normalized spacial score (nSPS) is 15.5. The molecule has 7 heteroatoms. The molecule has 2 aromatic heterocycles. The molecule has 1 amide bonds. The number of hydrogen-bond acceptors (Lipinski definition) is 5. The Balaban J connectivity index is 1.57. The third kappa shape index (κ3) is 5.15. The molecule has 1 unspecified atom stereocenters. The Hall–Kier alpha value is -2.67. The van der Waals surface area contributed by atoms with Gasteiger partial charge in [-0.25, -0.2) is 0 Å². The van der Waals surface area contributed by atoms with Gasteiger partial charge in [0.15, 0.2) is 11.0 Å². The number of aromatic nitrogens is 4. The fourth-order valence-corrected chi connectivity index (χ4v) is 5.09. The van der Waals surface area contributed by atoms with Gasteiger partial charge < -0.3 is 4.90 Å². The third-order valence-corrected chi connectivity index (χ3v) is 7.01. The quantitative estimate of drug-likeness (QED) is 0.505. The van der Waals surface area contributed by atoms with Gasteiger partial charge in [0.25, 0.3) is 0 Å². The van der Waals surface area contributed by atoms with Gasteiger partial charge in [0.2, 0.25) is 5.91 Å². The van der Waals surface area contributed by atoms with Gasteiger partial charge in [-0.3, -0.25) is 14.3 Å². The van der Waals surface area contributed by atoms with E-state index in [0.29, 0.717) is 12.6 Å². The minimum atomic E-state index is -0.226. The predicted octanol–water partition coefficient (Wildman–Crippen LogP) is 4.66. The second kappa shape index (κ2) is 10.1. The zero-order valence-electron chi connectivity index (χ0n) is 18.1. The first-order valence-electron chi connectivity index (χ1n) is 10.9. The van der Waals surface area contributed by atoms with Gasteiger partial charge in [-0.1, -0.05) is 61.4 Å². The lowest BCUT2D eigenvalue weighted by molar-refractivity contribution is -0.131. The molecule has 2 heterocycles. The zero-order chi connectivity index (χ0) is 21.6. The molecule has 0 saturated heterocycles. The average molecular weight is 436 g/mol. The van der Waals surface area contributed by atoms with Gasteiger partial charge in [0.1, 0.15) is 0 Å². The number of nitrogens with zero attached hydrogens (tertiary/aromatic N) is 5. The Morgan fingerprint density at radius 2 is 1.81 bits per heavy atom. The molecule has 3 aromatic rings. The molecule has 1 aliphatic rings. The van der Waals surface area contributed by atoms with Crippen molar-refractivity contribution < 1.29 is 4.79 Å². The van der Waals surface area contributed by atoms with E-state index in [2.05, 4.69) is 31.9 Å². The lowest BCUT2D eigenvalue weighted by atomic mass is 9.94. The summed E-state index contributed by atoms with van der Waals surface area (Å²) in [7, 11) is 1.95. The minimum absolute atomic E-state index is 0.164. The predicted molar refractivity (Wildman–Crippen MR) is 124 cm³/mol. The molecule has 4 rings (SSSR count). The molecule has 1 aromatic carbocycles. The van der Waals surface area contributed by atoms with Crippen LogP contribution in [0.3, 0.4) is 0 Å². The first kappa shape index (κ1) is 21.6. The number of carbonyl (C=O) groups is 1. The number of pyridine rings is 1. The number of thioether (sulfide) groups is 1. The van der Waals surface area contributed by atoms with Crippen molar-refractivity contribution in [3.05, 3.63) is 60.4 Å². The highest BCUT2D eigenvalue weighted by Crippen LogP contribution is 2.30. The fourth-order valence-electron chi connectivity index (χ4n) is 4.14. The first-order chi connectivity index (χ1) is 15.1. The highest BCUT2D eigenvalue weighted by atomic mass is 32.2. The van der Waals surface area contributed by atoms with Crippen molar-refractivity contribution in [2.75, 3.05) is 7.05 Å². The van der Waals surface area contributed by atoms with Gasteiger partial charge in [-0.05, 0) is 37.5 Å². The van der Waals surface area contributed by atoms with Crippen LogP contribution in [0.5, 0.6) is 0 Å². The van der Waals surface area contributed by atoms with Crippen LogP contribution in [-0.4, -0.2) is 48.9 Å². The van der Waals surface area contributed by atoms with Crippen LogP contribution in [0.2, 0.25) is 0 Å². The van der Waals surface area contributed by atoms with E-state index in [4.69, 9.17) is 0 Å². The number of benzene rings is 1. The summed E-state index contributed by atoms with van der Waals surface area (Å²) in [6, 6.07) is 14.5. The van der Waals surface area contributed by atoms with E-state index in [-0.39, 0.29) is 11.2 Å². The molecule has 1 aliphatic carbocycles. The molecule has 1 fully saturated rings. The zero-order valence-corrected chi connectivity index (χ0v) is 19.0. The van der Waals surface area contributed by atoms with Crippen LogP contribution in [0.1, 0.15) is 44.6 Å². The molecular weight excluding hydrogens is 406 g/mol. The van der Waals surface area contributed by atoms with E-state index in [1.54, 1.807) is 12.4 Å². The van der Waals surface area contributed by atoms with Crippen LogP contribution in [0.4, 0.5) is 0 Å². The Bertz CT molecular complexity index is 986. The number of hydrogen-bond donors (Lipinski definition) is 0. The van der Waals surface area contributed by atoms with Crippen LogP contribution in [0.25, 0.3) is 11.4 Å². The van der Waals surface area contributed by atoms with E-state index in [0.717, 1.165) is 34.9 Å². The summed E-state index contributed by atoms with van der Waals surface area (Å²) in [5.74, 6) is 0.950. The number of rotatable bonds is 7. The molecule has 1 atom stereocenters. The summed E-state index contributed by atoms with van der Waals surface area (Å²) in [6.45, 7) is 2.62. The topological polar surface area (TPSA) is 63.9 Å². The summed E-state index contributed by atoms with van der Waals surface area (Å²) in [4.78, 5) is 19.2. The molecule has 6 nitrogen and oxygen atoms in total. The van der Waals surface area contributed by atoms with Crippen molar-refractivity contribution in [1.82, 2.24) is 24.6 Å². The Labute approximate surface area is 188 Å². The van der Waals surface area contributed by atoms with Crippen LogP contribution < -0.4 is 0 Å². The maximum Gasteiger partial charge on any atom is 0.235 e. The molecule has 31 heavy (non-hydrogen) atoms. The van der Waals surface area contributed by atoms with E-state index in [1.165, 1.54) is 31.0 Å². The minimum Gasteiger partial charge on any atom is -0.342 e. The van der Waals surface area contributed by atoms with E-state index in [1.807, 2.05) is 49.2 Å². The van der Waals surface area contributed by atoms with E-state index >= 15 is 0 Å². The maximum absolute atomic E-state index is 13.1. The van der Waals surface area contributed by atoms with Crippen molar-refractivity contribution in [1.29, 1.82) is 0 Å². The summed E-state index contributed by atoms with van der Waals surface area (Å²) < 4.78 is 2.10. The average Bonchev–Trinajstić information content (AvgIpc) is 3.21. The third-order valence-electron chi connectivity index (χ3n) is 5.94. The van der Waals surface area contributed by atoms with E-state index < -0.39 is 0 Å². The summed E-state index contributed by atoms with van der Waals surface area (Å²) in [5.41, 5.74) is 2.13. The van der Waals surface area contributed by atoms with Crippen molar-refractivity contribution in [3.8, 4) is 11.4 Å². The molecule has 0 bridgehead atoms. The van der Waals surface area contributed by atoms with Crippen molar-refractivity contribution in [2.45, 2.75) is 62.0 Å². The van der Waals surface area contributed by atoms with Crippen LogP contribution >= 0.6 is 11.8 Å². The van der Waals surface area contributed by atoms with Gasteiger partial charge in [-0.15, -0.1) is 10.2 Å². The van der Waals surface area contributed by atoms with Gasteiger partial charge >= 0.3 is 0 Å². The SMILES string of the molecule is CC(Sc1nnc(-c2ccncc2)n1Cc1ccccc1)C(=O)N(C)C1CCCCC1. The molecule has 162 valence electrons. The highest BCUT2D eigenvalue weighted by molar-refractivity contribution is 8.00. The van der Waals surface area contributed by atoms with Crippen LogP contribution in [-0.2, 0) is 11.3 Å². The van der Waals surface area contributed by atoms with Crippen molar-refractivity contribution in [3.63, 3.8) is 0 Å². The molecule has 1 saturated carbocycles. The van der Waals surface area contributed by atoms with E-state index in [9.17, 15) is 4.79 Å². The van der Waals surface area contributed by atoms with Gasteiger partial charge in [-0.2, -0.15) is 0 Å². The molecule has 0 spiro atoms. The lowest BCUT2D eigenvalue weighted by Gasteiger charge is -2.32. The smallest absolute Gasteiger partial charge is 0.235 e. The molecular formula is C24H29N5OS. The molecule has 0 radical (unpaired) electrons. The largest absolute Gasteiger partial charge is 0.342 e. The monoisotopic (exact) mass is 435 g/mol. The molecule has 0 aliphatic heterocycles. The van der Waals surface area contributed by atoms with Crippen LogP contribution in [0, 0.1) is 0 Å². The second-order valence-electron chi connectivity index (χ2n) is 8.11. The van der Waals surface area contributed by atoms with Gasteiger partial charge in [0.05, 0.1) is 11.8 Å². The highest BCUT2D eigenvalue weighted by Gasteiger charge is 2.28. The van der Waals surface area contributed by atoms with Gasteiger partial charge in [0, 0.05) is 31.0 Å². The Morgan fingerprint density at radius 1 is 1.10 bits per heavy atom. The standard InChI is InChI=1S/C24H29N5OS/c1-18(23(30)28(2)21-11-7-4-8-12-21)31-24-27-26-22(20-13-15-25-16-14-20)29(24)17-19-9-5-3-6-10-19/h3,5-6,9-10,13-16,18,21H,4,7-8,11-12,17H2,1-2H3. The summed E-state index contributed by atoms with van der Waals surface area (Å²) >= 11 is 1.49. The van der Waals surface area contributed by atoms with Crippen molar-refractivity contribution in [2.24, 2.45) is 0 Å². The lowest BCUT2D eigenvalue weighted by Crippen LogP contribution is -2.42. The Morgan fingerprint density at radius 3 is 2.52 bits per heavy atom. The van der Waals surface area contributed by atoms with Crippen molar-refractivity contribution >= 4 is 17.7 Å². The maximum atomic E-state index is 13.1. The first-order valence-corrected chi connectivity index (χ1v) is 11.8. The van der Waals surface area contributed by atoms with Crippen LogP contribution in [0.15, 0.2) is 60.0 Å². The number of amides is 1. The fraction of sp³-hybridized carbons (Fsp3) is 0.417. The number of carbonyl (C=O) groups excluding carboxylic acids is 1. The second-order valence-corrected chi connectivity index (χ2v) is 9.42.